The number of hydrogen-bond acceptors (Lipinski definition) is 4. The Morgan fingerprint density at radius 3 is 1.16 bits per heavy atom. The van der Waals surface area contributed by atoms with Gasteiger partial charge >= 0.3 is 0 Å². The predicted molar refractivity (Wildman–Crippen MR) is 175 cm³/mol. The lowest BCUT2D eigenvalue weighted by Gasteiger charge is -2.28. The standard InChI is InChI=1S/C36H21NO4S2/c38-42(39,27-7-3-1-4-8-27)37(43(40,41)28-9-5-2-6-10-28)30-21-26-18-17-24-14-12-22-11-13-23-15-16-25-19-20-29(30)36-34(25)32(23)31(22)33(24)35(26)36/h1-21H. The highest BCUT2D eigenvalue weighted by Gasteiger charge is 2.38. The second kappa shape index (κ2) is 8.31. The first-order chi connectivity index (χ1) is 20.9. The quantitative estimate of drug-likeness (QED) is 0.148. The summed E-state index contributed by atoms with van der Waals surface area (Å²) in [5.41, 5.74) is 0.0972. The molecule has 0 saturated heterocycles. The molecule has 0 amide bonds. The highest BCUT2D eigenvalue weighted by atomic mass is 32.3. The summed E-state index contributed by atoms with van der Waals surface area (Å²) in [6, 6.07) is 37.7. The van der Waals surface area contributed by atoms with E-state index in [1.807, 2.05) is 24.3 Å². The Balaban J connectivity index is 1.51. The lowest BCUT2D eigenvalue weighted by Crippen LogP contribution is -2.37. The van der Waals surface area contributed by atoms with E-state index in [2.05, 4.69) is 36.4 Å². The van der Waals surface area contributed by atoms with Crippen LogP contribution < -0.4 is 3.71 Å². The minimum absolute atomic E-state index is 0.0972. The van der Waals surface area contributed by atoms with E-state index in [9.17, 15) is 16.8 Å². The Morgan fingerprint density at radius 1 is 0.372 bits per heavy atom. The average Bonchev–Trinajstić information content (AvgIpc) is 3.04. The maximum Gasteiger partial charge on any atom is 0.277 e. The first-order valence-electron chi connectivity index (χ1n) is 13.9. The average molecular weight is 596 g/mol. The molecule has 0 aromatic heterocycles. The molecule has 0 spiro atoms. The van der Waals surface area contributed by atoms with E-state index in [-0.39, 0.29) is 15.5 Å². The third kappa shape index (κ3) is 3.15. The van der Waals surface area contributed by atoms with Crippen LogP contribution in [0.5, 0.6) is 0 Å². The fraction of sp³-hybridized carbons (Fsp3) is 0. The molecule has 9 rings (SSSR count). The van der Waals surface area contributed by atoms with Gasteiger partial charge < -0.3 is 0 Å². The van der Waals surface area contributed by atoms with Gasteiger partial charge in [0.1, 0.15) is 0 Å². The van der Waals surface area contributed by atoms with Gasteiger partial charge in [-0.05, 0) is 84.2 Å². The number of anilines is 1. The van der Waals surface area contributed by atoms with Crippen LogP contribution >= 0.6 is 0 Å². The SMILES string of the molecule is O=S(=O)(c1ccccc1)N(c1cc2ccc3ccc4ccc5ccc6ccc1c1c6c5c4c3c21)S(=O)(=O)c1ccccc1. The fourth-order valence-corrected chi connectivity index (χ4v) is 10.6. The van der Waals surface area contributed by atoms with Gasteiger partial charge in [0, 0.05) is 10.8 Å². The summed E-state index contributed by atoms with van der Waals surface area (Å²) in [4.78, 5) is -0.216. The van der Waals surface area contributed by atoms with E-state index in [0.717, 1.165) is 53.9 Å². The number of benzene rings is 9. The van der Waals surface area contributed by atoms with Gasteiger partial charge in [-0.3, -0.25) is 0 Å². The fourth-order valence-electron chi connectivity index (χ4n) is 6.88. The first kappa shape index (κ1) is 24.6. The molecule has 0 radical (unpaired) electrons. The second-order valence-corrected chi connectivity index (χ2v) is 14.8. The molecule has 206 valence electrons. The van der Waals surface area contributed by atoms with Crippen molar-refractivity contribution in [1.29, 1.82) is 0 Å². The van der Waals surface area contributed by atoms with E-state index in [1.54, 1.807) is 42.5 Å². The molecule has 7 heteroatoms. The summed E-state index contributed by atoms with van der Waals surface area (Å²) < 4.78 is 58.5. The van der Waals surface area contributed by atoms with Gasteiger partial charge in [-0.2, -0.15) is 3.71 Å². The van der Waals surface area contributed by atoms with Crippen LogP contribution in [0, 0.1) is 0 Å². The van der Waals surface area contributed by atoms with Crippen LogP contribution in [0.1, 0.15) is 0 Å². The van der Waals surface area contributed by atoms with Crippen molar-refractivity contribution in [3.63, 3.8) is 0 Å². The van der Waals surface area contributed by atoms with E-state index in [4.69, 9.17) is 0 Å². The Morgan fingerprint density at radius 2 is 0.721 bits per heavy atom. The monoisotopic (exact) mass is 595 g/mol. The van der Waals surface area contributed by atoms with Gasteiger partial charge in [0.05, 0.1) is 15.5 Å². The van der Waals surface area contributed by atoms with Crippen molar-refractivity contribution in [3.8, 4) is 0 Å². The first-order valence-corrected chi connectivity index (χ1v) is 16.7. The molecule has 0 heterocycles. The highest BCUT2D eigenvalue weighted by Crippen LogP contribution is 2.51. The van der Waals surface area contributed by atoms with Crippen LogP contribution in [0.15, 0.2) is 137 Å². The molecule has 5 nitrogen and oxygen atoms in total. The maximum atomic E-state index is 14.5. The molecule has 0 unspecified atom stereocenters. The minimum atomic E-state index is -4.57. The third-order valence-electron chi connectivity index (χ3n) is 8.70. The Bertz CT molecular complexity index is 2610. The smallest absolute Gasteiger partial charge is 0.200 e. The van der Waals surface area contributed by atoms with Crippen molar-refractivity contribution in [2.24, 2.45) is 0 Å². The molecule has 0 fully saturated rings. The Labute approximate surface area is 247 Å². The molecule has 43 heavy (non-hydrogen) atoms. The van der Waals surface area contributed by atoms with Crippen molar-refractivity contribution < 1.29 is 16.8 Å². The van der Waals surface area contributed by atoms with Gasteiger partial charge in [0.15, 0.2) is 0 Å². The molecule has 0 aliphatic rings. The van der Waals surface area contributed by atoms with Crippen LogP contribution in [0.2, 0.25) is 0 Å². The number of rotatable bonds is 5. The van der Waals surface area contributed by atoms with Crippen LogP contribution in [-0.2, 0) is 20.0 Å². The zero-order chi connectivity index (χ0) is 29.1. The Kier molecular flexibility index (Phi) is 4.76. The Hall–Kier alpha value is -4.98. The number of sulfonamides is 2. The number of hydrogen-bond donors (Lipinski definition) is 0. The molecule has 9 aromatic rings. The molecular formula is C36H21NO4S2. The van der Waals surface area contributed by atoms with Crippen molar-refractivity contribution >= 4 is 90.4 Å². The lowest BCUT2D eigenvalue weighted by molar-refractivity contribution is 0.584. The summed E-state index contributed by atoms with van der Waals surface area (Å²) in [7, 11) is -9.15. The molecule has 0 aliphatic carbocycles. The summed E-state index contributed by atoms with van der Waals surface area (Å²) in [5.74, 6) is 0. The number of nitrogens with zero attached hydrogens (tertiary/aromatic N) is 1. The predicted octanol–water partition coefficient (Wildman–Crippen LogP) is 8.50. The molecular weight excluding hydrogens is 575 g/mol. The zero-order valence-corrected chi connectivity index (χ0v) is 24.2. The lowest BCUT2D eigenvalue weighted by atomic mass is 9.82. The highest BCUT2D eigenvalue weighted by molar-refractivity contribution is 8.10. The van der Waals surface area contributed by atoms with Gasteiger partial charge in [-0.25, -0.2) is 16.8 Å². The molecule has 0 aliphatic heterocycles. The van der Waals surface area contributed by atoms with Gasteiger partial charge in [0.25, 0.3) is 20.0 Å². The minimum Gasteiger partial charge on any atom is -0.200 e. The zero-order valence-electron chi connectivity index (χ0n) is 22.5. The molecule has 0 atom stereocenters. The van der Waals surface area contributed by atoms with Crippen molar-refractivity contribution in [2.45, 2.75) is 9.79 Å². The third-order valence-corrected chi connectivity index (χ3v) is 12.9. The molecule has 0 saturated carbocycles. The molecule has 0 N–H and O–H groups in total. The molecule has 9 aromatic carbocycles. The van der Waals surface area contributed by atoms with Crippen LogP contribution in [-0.4, -0.2) is 16.8 Å². The molecule has 0 bridgehead atoms. The van der Waals surface area contributed by atoms with E-state index < -0.39 is 20.0 Å². The van der Waals surface area contributed by atoms with Crippen molar-refractivity contribution in [3.05, 3.63) is 127 Å². The maximum absolute atomic E-state index is 14.5. The van der Waals surface area contributed by atoms with Crippen LogP contribution in [0.4, 0.5) is 5.69 Å². The summed E-state index contributed by atoms with van der Waals surface area (Å²) in [6.45, 7) is 0. The summed E-state index contributed by atoms with van der Waals surface area (Å²) >= 11 is 0. The van der Waals surface area contributed by atoms with Crippen LogP contribution in [0.3, 0.4) is 0 Å². The van der Waals surface area contributed by atoms with E-state index in [0.29, 0.717) is 9.10 Å². The summed E-state index contributed by atoms with van der Waals surface area (Å²) in [5, 5.41) is 11.9. The normalized spacial score (nSPS) is 13.0. The largest absolute Gasteiger partial charge is 0.277 e. The van der Waals surface area contributed by atoms with Gasteiger partial charge in [-0.1, -0.05) is 97.1 Å². The van der Waals surface area contributed by atoms with Crippen molar-refractivity contribution in [2.75, 3.05) is 3.71 Å². The topological polar surface area (TPSA) is 71.5 Å². The van der Waals surface area contributed by atoms with Crippen LogP contribution in [0.25, 0.3) is 64.6 Å². The van der Waals surface area contributed by atoms with E-state index in [1.165, 1.54) is 29.7 Å². The van der Waals surface area contributed by atoms with Crippen molar-refractivity contribution in [1.82, 2.24) is 0 Å². The second-order valence-electron chi connectivity index (χ2n) is 11.0. The van der Waals surface area contributed by atoms with E-state index >= 15 is 0 Å². The summed E-state index contributed by atoms with van der Waals surface area (Å²) in [6.07, 6.45) is 0. The van der Waals surface area contributed by atoms with Gasteiger partial charge in [0.2, 0.25) is 0 Å². The van der Waals surface area contributed by atoms with Gasteiger partial charge in [-0.15, -0.1) is 0 Å².